The number of nitrogens with one attached hydrogen (secondary N) is 1. The van der Waals surface area contributed by atoms with Crippen LogP contribution in [0.4, 0.5) is 0 Å². The molecule has 0 spiro atoms. The van der Waals surface area contributed by atoms with E-state index in [0.717, 1.165) is 18.3 Å². The highest BCUT2D eigenvalue weighted by atomic mass is 15.0. The summed E-state index contributed by atoms with van der Waals surface area (Å²) in [6, 6.07) is 0.582. The summed E-state index contributed by atoms with van der Waals surface area (Å²) in [5.41, 5.74) is 0. The lowest BCUT2D eigenvalue weighted by molar-refractivity contribution is 0.303. The number of hydrogen-bond acceptors (Lipinski definition) is 2. The smallest absolute Gasteiger partial charge is 0.109 e. The third-order valence-electron chi connectivity index (χ3n) is 4.14. The van der Waals surface area contributed by atoms with Crippen LogP contribution in [0.5, 0.6) is 0 Å². The van der Waals surface area contributed by atoms with E-state index < -0.39 is 0 Å². The number of likely N-dealkylation sites (N-methyl/N-ethyl adjacent to an activating group) is 1. The van der Waals surface area contributed by atoms with E-state index in [4.69, 9.17) is 0 Å². The molecule has 90 valence electrons. The predicted octanol–water partition coefficient (Wildman–Crippen LogP) is 1.99. The van der Waals surface area contributed by atoms with Gasteiger partial charge in [0.2, 0.25) is 0 Å². The van der Waals surface area contributed by atoms with Gasteiger partial charge in [-0.05, 0) is 25.3 Å². The van der Waals surface area contributed by atoms with Gasteiger partial charge < -0.3 is 9.88 Å². The van der Waals surface area contributed by atoms with Gasteiger partial charge in [-0.2, -0.15) is 0 Å². The van der Waals surface area contributed by atoms with E-state index in [1.165, 1.54) is 25.1 Å². The lowest BCUT2D eigenvalue weighted by atomic mass is 9.88. The summed E-state index contributed by atoms with van der Waals surface area (Å²) in [7, 11) is 4.16. The molecular formula is C13H23N3. The number of hydrogen-bond donors (Lipinski definition) is 1. The zero-order valence-electron chi connectivity index (χ0n) is 10.6. The van der Waals surface area contributed by atoms with Gasteiger partial charge in [0.15, 0.2) is 0 Å². The molecule has 1 aromatic heterocycles. The summed E-state index contributed by atoms with van der Waals surface area (Å²) in [6.45, 7) is 2.39. The third kappa shape index (κ3) is 2.29. The Kier molecular flexibility index (Phi) is 3.64. The Labute approximate surface area is 98.3 Å². The molecule has 0 bridgehead atoms. The normalized spacial score (nSPS) is 27.2. The second-order valence-electron chi connectivity index (χ2n) is 5.13. The monoisotopic (exact) mass is 221 g/mol. The molecule has 3 atom stereocenters. The molecule has 1 saturated carbocycles. The van der Waals surface area contributed by atoms with Crippen molar-refractivity contribution in [2.24, 2.45) is 18.9 Å². The van der Waals surface area contributed by atoms with Gasteiger partial charge in [-0.1, -0.05) is 19.8 Å². The summed E-state index contributed by atoms with van der Waals surface area (Å²) in [5.74, 6) is 2.87. The molecule has 1 N–H and O–H groups in total. The lowest BCUT2D eigenvalue weighted by Gasteiger charge is -2.26. The third-order valence-corrected chi connectivity index (χ3v) is 4.14. The van der Waals surface area contributed by atoms with Gasteiger partial charge in [0, 0.05) is 31.9 Å². The molecule has 1 aliphatic carbocycles. The Hall–Kier alpha value is -0.830. The highest BCUT2D eigenvalue weighted by molar-refractivity contribution is 4.97. The van der Waals surface area contributed by atoms with Crippen molar-refractivity contribution in [3.05, 3.63) is 18.2 Å². The molecule has 0 amide bonds. The van der Waals surface area contributed by atoms with Crippen molar-refractivity contribution in [3.63, 3.8) is 0 Å². The Morgan fingerprint density at radius 2 is 2.38 bits per heavy atom. The first-order valence-corrected chi connectivity index (χ1v) is 6.36. The van der Waals surface area contributed by atoms with Crippen LogP contribution < -0.4 is 5.32 Å². The molecule has 0 aromatic carbocycles. The largest absolute Gasteiger partial charge is 0.338 e. The van der Waals surface area contributed by atoms with Crippen LogP contribution in [0.3, 0.4) is 0 Å². The molecule has 0 radical (unpaired) electrons. The van der Waals surface area contributed by atoms with Crippen molar-refractivity contribution in [2.75, 3.05) is 7.05 Å². The number of aryl methyl sites for hydroxylation is 1. The van der Waals surface area contributed by atoms with Crippen molar-refractivity contribution in [3.8, 4) is 0 Å². The van der Waals surface area contributed by atoms with Crippen LogP contribution in [0, 0.1) is 11.8 Å². The van der Waals surface area contributed by atoms with Crippen LogP contribution >= 0.6 is 0 Å². The molecular weight excluding hydrogens is 198 g/mol. The summed E-state index contributed by atoms with van der Waals surface area (Å²) in [5, 5.41) is 3.49. The Balaban J connectivity index is 2.03. The summed E-state index contributed by atoms with van der Waals surface area (Å²) in [4.78, 5) is 4.42. The van der Waals surface area contributed by atoms with Crippen LogP contribution in [0.25, 0.3) is 0 Å². The summed E-state index contributed by atoms with van der Waals surface area (Å²) in [6.07, 6.45) is 9.13. The van der Waals surface area contributed by atoms with Crippen LogP contribution in [0.1, 0.15) is 32.0 Å². The molecule has 2 rings (SSSR count). The van der Waals surface area contributed by atoms with Crippen LogP contribution in [0.15, 0.2) is 12.4 Å². The predicted molar refractivity (Wildman–Crippen MR) is 66.3 cm³/mol. The number of rotatable bonds is 4. The fourth-order valence-corrected chi connectivity index (χ4v) is 3.03. The lowest BCUT2D eigenvalue weighted by Crippen LogP contribution is -2.37. The van der Waals surface area contributed by atoms with Crippen molar-refractivity contribution in [1.82, 2.24) is 14.9 Å². The standard InChI is InChI=1S/C13H23N3/c1-10-5-4-6-11(10)12(14-2)9-13-15-7-8-16(13)3/h7-8,10-12,14H,4-6,9H2,1-3H3. The van der Waals surface area contributed by atoms with Crippen molar-refractivity contribution in [2.45, 2.75) is 38.6 Å². The number of imidazole rings is 1. The van der Waals surface area contributed by atoms with Crippen molar-refractivity contribution < 1.29 is 0 Å². The van der Waals surface area contributed by atoms with Gasteiger partial charge in [-0.15, -0.1) is 0 Å². The summed E-state index contributed by atoms with van der Waals surface area (Å²) < 4.78 is 2.13. The first-order valence-electron chi connectivity index (χ1n) is 6.36. The fraction of sp³-hybridized carbons (Fsp3) is 0.769. The second-order valence-corrected chi connectivity index (χ2v) is 5.13. The molecule has 3 unspecified atom stereocenters. The van der Waals surface area contributed by atoms with E-state index in [2.05, 4.69) is 35.9 Å². The van der Waals surface area contributed by atoms with Crippen LogP contribution in [-0.2, 0) is 13.5 Å². The van der Waals surface area contributed by atoms with Gasteiger partial charge in [0.1, 0.15) is 5.82 Å². The van der Waals surface area contributed by atoms with Gasteiger partial charge >= 0.3 is 0 Å². The molecule has 1 aromatic rings. The fourth-order valence-electron chi connectivity index (χ4n) is 3.03. The van der Waals surface area contributed by atoms with E-state index >= 15 is 0 Å². The van der Waals surface area contributed by atoms with E-state index in [-0.39, 0.29) is 0 Å². The SMILES string of the molecule is CNC(Cc1nccn1C)C1CCCC1C. The van der Waals surface area contributed by atoms with E-state index in [9.17, 15) is 0 Å². The van der Waals surface area contributed by atoms with Gasteiger partial charge in [-0.3, -0.25) is 0 Å². The zero-order chi connectivity index (χ0) is 11.5. The van der Waals surface area contributed by atoms with E-state index in [0.29, 0.717) is 6.04 Å². The van der Waals surface area contributed by atoms with Gasteiger partial charge in [0.25, 0.3) is 0 Å². The molecule has 3 nitrogen and oxygen atoms in total. The maximum atomic E-state index is 4.42. The average Bonchev–Trinajstić information content (AvgIpc) is 2.85. The van der Waals surface area contributed by atoms with Gasteiger partial charge in [0.05, 0.1) is 0 Å². The molecule has 1 heterocycles. The van der Waals surface area contributed by atoms with Crippen molar-refractivity contribution >= 4 is 0 Å². The van der Waals surface area contributed by atoms with E-state index in [1.54, 1.807) is 0 Å². The molecule has 16 heavy (non-hydrogen) atoms. The maximum absolute atomic E-state index is 4.42. The van der Waals surface area contributed by atoms with Gasteiger partial charge in [-0.25, -0.2) is 4.98 Å². The van der Waals surface area contributed by atoms with Crippen LogP contribution in [0.2, 0.25) is 0 Å². The second kappa shape index (κ2) is 5.00. The first kappa shape index (κ1) is 11.6. The number of nitrogens with zero attached hydrogens (tertiary/aromatic N) is 2. The highest BCUT2D eigenvalue weighted by Gasteiger charge is 2.30. The quantitative estimate of drug-likeness (QED) is 0.842. The van der Waals surface area contributed by atoms with Crippen molar-refractivity contribution in [1.29, 1.82) is 0 Å². The summed E-state index contributed by atoms with van der Waals surface area (Å²) >= 11 is 0. The Morgan fingerprint density at radius 1 is 1.56 bits per heavy atom. The van der Waals surface area contributed by atoms with Crippen LogP contribution in [-0.4, -0.2) is 22.6 Å². The first-order chi connectivity index (χ1) is 7.72. The topological polar surface area (TPSA) is 29.9 Å². The zero-order valence-corrected chi connectivity index (χ0v) is 10.6. The van der Waals surface area contributed by atoms with E-state index in [1.807, 2.05) is 12.4 Å². The molecule has 1 fully saturated rings. The minimum atomic E-state index is 0.582. The minimum Gasteiger partial charge on any atom is -0.338 e. The molecule has 1 aliphatic rings. The average molecular weight is 221 g/mol. The maximum Gasteiger partial charge on any atom is 0.109 e. The molecule has 3 heteroatoms. The molecule has 0 saturated heterocycles. The minimum absolute atomic E-state index is 0.582. The Morgan fingerprint density at radius 3 is 2.88 bits per heavy atom. The Bertz CT molecular complexity index is 332. The molecule has 0 aliphatic heterocycles. The number of aromatic nitrogens is 2. The highest BCUT2D eigenvalue weighted by Crippen LogP contribution is 2.34.